The lowest BCUT2D eigenvalue weighted by Crippen LogP contribution is -2.61. The number of likely N-dealkylation sites (N-methyl/N-ethyl adjacent to an activating group) is 2. The zero-order valence-electron chi connectivity index (χ0n) is 13.5. The highest BCUT2D eigenvalue weighted by atomic mass is 32.1. The molecule has 1 aromatic heterocycles. The van der Waals surface area contributed by atoms with Crippen molar-refractivity contribution in [3.05, 3.63) is 22.4 Å². The summed E-state index contributed by atoms with van der Waals surface area (Å²) in [6, 6.07) is 2.84. The van der Waals surface area contributed by atoms with E-state index in [1.54, 1.807) is 0 Å². The quantitative estimate of drug-likeness (QED) is 0.859. The molecule has 1 N–H and O–H groups in total. The first-order chi connectivity index (χ1) is 9.58. The molecule has 0 radical (unpaired) electrons. The second-order valence-electron chi connectivity index (χ2n) is 6.63. The third-order valence-electron chi connectivity index (χ3n) is 5.15. The van der Waals surface area contributed by atoms with E-state index in [4.69, 9.17) is 0 Å². The third kappa shape index (κ3) is 3.44. The summed E-state index contributed by atoms with van der Waals surface area (Å²) < 4.78 is 0. The number of hydrogen-bond acceptors (Lipinski definition) is 3. The van der Waals surface area contributed by atoms with Crippen molar-refractivity contribution in [1.29, 1.82) is 0 Å². The van der Waals surface area contributed by atoms with Gasteiger partial charge in [-0.25, -0.2) is 0 Å². The summed E-state index contributed by atoms with van der Waals surface area (Å²) in [5.74, 6) is 0.895. The van der Waals surface area contributed by atoms with Gasteiger partial charge in [-0.05, 0) is 81.1 Å². The molecule has 3 heteroatoms. The minimum Gasteiger partial charge on any atom is -0.312 e. The minimum atomic E-state index is 0.324. The van der Waals surface area contributed by atoms with Crippen molar-refractivity contribution >= 4 is 11.3 Å². The third-order valence-corrected chi connectivity index (χ3v) is 5.88. The molecule has 20 heavy (non-hydrogen) atoms. The molecule has 0 aliphatic heterocycles. The summed E-state index contributed by atoms with van der Waals surface area (Å²) in [4.78, 5) is 2.50. The van der Waals surface area contributed by atoms with E-state index < -0.39 is 0 Å². The molecule has 1 aliphatic carbocycles. The monoisotopic (exact) mass is 294 g/mol. The Morgan fingerprint density at radius 1 is 1.40 bits per heavy atom. The summed E-state index contributed by atoms with van der Waals surface area (Å²) in [6.07, 6.45) is 6.53. The van der Waals surface area contributed by atoms with E-state index in [0.717, 1.165) is 18.9 Å². The van der Waals surface area contributed by atoms with Crippen LogP contribution in [0.2, 0.25) is 0 Å². The lowest BCUT2D eigenvalue weighted by Gasteiger charge is -2.50. The van der Waals surface area contributed by atoms with E-state index in [1.807, 2.05) is 11.3 Å². The van der Waals surface area contributed by atoms with Crippen molar-refractivity contribution in [2.75, 3.05) is 20.6 Å². The van der Waals surface area contributed by atoms with Gasteiger partial charge in [-0.3, -0.25) is 0 Å². The van der Waals surface area contributed by atoms with Gasteiger partial charge in [-0.1, -0.05) is 13.8 Å². The van der Waals surface area contributed by atoms with Crippen molar-refractivity contribution < 1.29 is 0 Å². The fourth-order valence-electron chi connectivity index (χ4n) is 3.71. The fourth-order valence-corrected chi connectivity index (χ4v) is 4.39. The maximum atomic E-state index is 3.79. The molecule has 114 valence electrons. The van der Waals surface area contributed by atoms with Gasteiger partial charge in [0.2, 0.25) is 0 Å². The Morgan fingerprint density at radius 2 is 2.10 bits per heavy atom. The predicted molar refractivity (Wildman–Crippen MR) is 89.5 cm³/mol. The lowest BCUT2D eigenvalue weighted by atomic mass is 9.70. The zero-order valence-corrected chi connectivity index (χ0v) is 14.3. The van der Waals surface area contributed by atoms with Gasteiger partial charge in [0.15, 0.2) is 0 Å². The predicted octanol–water partition coefficient (Wildman–Crippen LogP) is 3.78. The maximum absolute atomic E-state index is 3.79. The standard InChI is InChI=1S/C17H30N2S/c1-5-18-16(12-15-8-11-20-13-15)17(19(3)4)9-6-14(2)7-10-17/h8,11,13-14,16,18H,5-7,9-10,12H2,1-4H3. The summed E-state index contributed by atoms with van der Waals surface area (Å²) >= 11 is 1.81. The van der Waals surface area contributed by atoms with E-state index in [2.05, 4.69) is 55.0 Å². The van der Waals surface area contributed by atoms with Crippen LogP contribution in [0.1, 0.15) is 45.1 Å². The first-order valence-corrected chi connectivity index (χ1v) is 8.94. The van der Waals surface area contributed by atoms with Crippen molar-refractivity contribution in [1.82, 2.24) is 10.2 Å². The second kappa shape index (κ2) is 7.06. The molecular weight excluding hydrogens is 264 g/mol. The van der Waals surface area contributed by atoms with Crippen molar-refractivity contribution in [3.8, 4) is 0 Å². The van der Waals surface area contributed by atoms with Gasteiger partial charge in [-0.15, -0.1) is 0 Å². The molecule has 0 saturated heterocycles. The van der Waals surface area contributed by atoms with Crippen LogP contribution in [0.15, 0.2) is 16.8 Å². The van der Waals surface area contributed by atoms with Gasteiger partial charge in [0.05, 0.1) is 0 Å². The van der Waals surface area contributed by atoms with Crippen LogP contribution in [0.25, 0.3) is 0 Å². The van der Waals surface area contributed by atoms with Crippen LogP contribution in [0, 0.1) is 5.92 Å². The highest BCUT2D eigenvalue weighted by molar-refractivity contribution is 7.07. The van der Waals surface area contributed by atoms with Gasteiger partial charge < -0.3 is 10.2 Å². The molecule has 2 nitrogen and oxygen atoms in total. The zero-order chi connectivity index (χ0) is 14.6. The number of nitrogens with one attached hydrogen (secondary N) is 1. The molecule has 1 saturated carbocycles. The molecule has 1 aromatic rings. The number of nitrogens with zero attached hydrogens (tertiary/aromatic N) is 1. The fraction of sp³-hybridized carbons (Fsp3) is 0.765. The van der Waals surface area contributed by atoms with Crippen LogP contribution in [-0.2, 0) is 6.42 Å². The molecule has 0 amide bonds. The maximum Gasteiger partial charge on any atom is 0.0359 e. The molecule has 0 bridgehead atoms. The second-order valence-corrected chi connectivity index (χ2v) is 7.41. The molecule has 0 spiro atoms. The number of rotatable bonds is 6. The lowest BCUT2D eigenvalue weighted by molar-refractivity contribution is 0.0440. The molecule has 2 rings (SSSR count). The van der Waals surface area contributed by atoms with Crippen molar-refractivity contribution in [2.24, 2.45) is 5.92 Å². The van der Waals surface area contributed by atoms with E-state index in [9.17, 15) is 0 Å². The Bertz CT molecular complexity index is 378. The SMILES string of the molecule is CCNC(Cc1ccsc1)C1(N(C)C)CCC(C)CC1. The Kier molecular flexibility index (Phi) is 5.65. The molecule has 1 heterocycles. The largest absolute Gasteiger partial charge is 0.312 e. The van der Waals surface area contributed by atoms with Gasteiger partial charge in [-0.2, -0.15) is 11.3 Å². The number of thiophene rings is 1. The first-order valence-electron chi connectivity index (χ1n) is 8.00. The summed E-state index contributed by atoms with van der Waals surface area (Å²) in [5, 5.41) is 8.29. The first kappa shape index (κ1) is 16.0. The van der Waals surface area contributed by atoms with Crippen LogP contribution in [0.5, 0.6) is 0 Å². The molecule has 0 aromatic carbocycles. The Hall–Kier alpha value is -0.380. The number of hydrogen-bond donors (Lipinski definition) is 1. The van der Waals surface area contributed by atoms with Crippen LogP contribution in [0.4, 0.5) is 0 Å². The Balaban J connectivity index is 2.18. The van der Waals surface area contributed by atoms with Crippen LogP contribution < -0.4 is 5.32 Å². The van der Waals surface area contributed by atoms with Crippen LogP contribution >= 0.6 is 11.3 Å². The average Bonchev–Trinajstić information content (AvgIpc) is 2.92. The smallest absolute Gasteiger partial charge is 0.0359 e. The van der Waals surface area contributed by atoms with E-state index in [1.165, 1.54) is 31.2 Å². The average molecular weight is 295 g/mol. The van der Waals surface area contributed by atoms with E-state index in [0.29, 0.717) is 11.6 Å². The summed E-state index contributed by atoms with van der Waals surface area (Å²) in [6.45, 7) is 5.69. The minimum absolute atomic E-state index is 0.324. The van der Waals surface area contributed by atoms with Gasteiger partial charge in [0, 0.05) is 11.6 Å². The van der Waals surface area contributed by atoms with Crippen molar-refractivity contribution in [2.45, 2.75) is 57.5 Å². The highest BCUT2D eigenvalue weighted by Gasteiger charge is 2.42. The summed E-state index contributed by atoms with van der Waals surface area (Å²) in [7, 11) is 4.54. The van der Waals surface area contributed by atoms with E-state index in [-0.39, 0.29) is 0 Å². The normalized spacial score (nSPS) is 28.8. The van der Waals surface area contributed by atoms with Crippen LogP contribution in [0.3, 0.4) is 0 Å². The molecular formula is C17H30N2S. The Labute approximate surface area is 128 Å². The van der Waals surface area contributed by atoms with E-state index >= 15 is 0 Å². The van der Waals surface area contributed by atoms with Gasteiger partial charge in [0.1, 0.15) is 0 Å². The van der Waals surface area contributed by atoms with Crippen molar-refractivity contribution in [3.63, 3.8) is 0 Å². The van der Waals surface area contributed by atoms with Gasteiger partial charge >= 0.3 is 0 Å². The molecule has 1 aliphatic rings. The Morgan fingerprint density at radius 3 is 2.60 bits per heavy atom. The summed E-state index contributed by atoms with van der Waals surface area (Å²) in [5.41, 5.74) is 1.81. The molecule has 1 atom stereocenters. The topological polar surface area (TPSA) is 15.3 Å². The highest BCUT2D eigenvalue weighted by Crippen LogP contribution is 2.38. The van der Waals surface area contributed by atoms with Crippen LogP contribution in [-0.4, -0.2) is 37.1 Å². The van der Waals surface area contributed by atoms with Gasteiger partial charge in [0.25, 0.3) is 0 Å². The molecule has 1 unspecified atom stereocenters. The molecule has 1 fully saturated rings.